The molecule has 1 aromatic rings. The number of nitriles is 1. The minimum Gasteiger partial charge on any atom is -0.396 e. The molecule has 5 heteroatoms. The van der Waals surface area contributed by atoms with Crippen molar-refractivity contribution in [2.75, 3.05) is 17.6 Å². The molecule has 1 heterocycles. The Hall–Kier alpha value is -1.80. The Morgan fingerprint density at radius 1 is 1.35 bits per heavy atom. The zero-order chi connectivity index (χ0) is 14.8. The van der Waals surface area contributed by atoms with Crippen LogP contribution in [0.25, 0.3) is 0 Å². The number of hydrogen-bond acceptors (Lipinski definition) is 5. The minimum absolute atomic E-state index is 0.215. The molecule has 0 amide bonds. The molecule has 2 rings (SSSR count). The quantitative estimate of drug-likeness (QED) is 0.786. The second kappa shape index (κ2) is 5.29. The van der Waals surface area contributed by atoms with Crippen molar-refractivity contribution in [3.05, 3.63) is 17.8 Å². The van der Waals surface area contributed by atoms with Gasteiger partial charge in [-0.15, -0.1) is 0 Å². The zero-order valence-corrected chi connectivity index (χ0v) is 12.1. The number of hydrogen-bond donors (Lipinski definition) is 3. The van der Waals surface area contributed by atoms with Crippen LogP contribution >= 0.6 is 0 Å². The summed E-state index contributed by atoms with van der Waals surface area (Å²) in [5.74, 6) is 0.578. The topological polar surface area (TPSA) is 95.0 Å². The molecule has 1 fully saturated rings. The Morgan fingerprint density at radius 3 is 2.60 bits per heavy atom. The largest absolute Gasteiger partial charge is 0.396 e. The van der Waals surface area contributed by atoms with Gasteiger partial charge in [0.15, 0.2) is 5.69 Å². The fourth-order valence-corrected chi connectivity index (χ4v) is 2.48. The summed E-state index contributed by atoms with van der Waals surface area (Å²) in [4.78, 5) is 4.13. The molecule has 0 aromatic carbocycles. The lowest BCUT2D eigenvalue weighted by Crippen LogP contribution is -2.42. The number of pyridine rings is 1. The van der Waals surface area contributed by atoms with Crippen molar-refractivity contribution in [2.45, 2.75) is 45.1 Å². The van der Waals surface area contributed by atoms with Crippen LogP contribution in [-0.2, 0) is 0 Å². The maximum absolute atomic E-state index is 10.6. The molecule has 20 heavy (non-hydrogen) atoms. The van der Waals surface area contributed by atoms with E-state index in [0.29, 0.717) is 23.5 Å². The van der Waals surface area contributed by atoms with Crippen molar-refractivity contribution in [3.8, 4) is 6.07 Å². The molecule has 1 aliphatic rings. The Balaban J connectivity index is 1.97. The highest BCUT2D eigenvalue weighted by atomic mass is 16.3. The summed E-state index contributed by atoms with van der Waals surface area (Å²) in [6, 6.07) is 5.34. The monoisotopic (exact) mass is 274 g/mol. The van der Waals surface area contributed by atoms with Gasteiger partial charge in [0.25, 0.3) is 0 Å². The van der Waals surface area contributed by atoms with Crippen LogP contribution in [-0.4, -0.2) is 22.2 Å². The number of anilines is 2. The van der Waals surface area contributed by atoms with E-state index in [0.717, 1.165) is 25.7 Å². The van der Waals surface area contributed by atoms with Crippen molar-refractivity contribution >= 4 is 11.5 Å². The number of nitrogen functional groups attached to an aromatic ring is 1. The van der Waals surface area contributed by atoms with E-state index in [1.807, 2.05) is 6.07 Å². The Bertz CT molecular complexity index is 523. The fraction of sp³-hybridized carbons (Fsp3) is 0.600. The smallest absolute Gasteiger partial charge is 0.165 e. The van der Waals surface area contributed by atoms with Crippen molar-refractivity contribution in [3.63, 3.8) is 0 Å². The van der Waals surface area contributed by atoms with Crippen LogP contribution in [0.4, 0.5) is 11.5 Å². The fourth-order valence-electron chi connectivity index (χ4n) is 2.48. The predicted octanol–water partition coefficient (Wildman–Crippen LogP) is 2.28. The summed E-state index contributed by atoms with van der Waals surface area (Å²) >= 11 is 0. The molecule has 0 bridgehead atoms. The summed E-state index contributed by atoms with van der Waals surface area (Å²) in [5, 5.41) is 22.6. The first-order chi connectivity index (χ1) is 9.34. The SMILES string of the molecule is CC1(C)CCC(O)(CNc2ccc(N)c(C#N)n2)CC1. The number of nitrogens with zero attached hydrogens (tertiary/aromatic N) is 2. The van der Waals surface area contributed by atoms with Crippen LogP contribution in [0.3, 0.4) is 0 Å². The molecule has 0 atom stereocenters. The highest BCUT2D eigenvalue weighted by molar-refractivity contribution is 5.54. The van der Waals surface area contributed by atoms with Gasteiger partial charge in [-0.3, -0.25) is 0 Å². The zero-order valence-electron chi connectivity index (χ0n) is 12.1. The summed E-state index contributed by atoms with van der Waals surface area (Å²) < 4.78 is 0. The van der Waals surface area contributed by atoms with Crippen molar-refractivity contribution < 1.29 is 5.11 Å². The van der Waals surface area contributed by atoms with E-state index < -0.39 is 5.60 Å². The first-order valence-electron chi connectivity index (χ1n) is 6.97. The number of nitrogens with one attached hydrogen (secondary N) is 1. The molecular formula is C15H22N4O. The lowest BCUT2D eigenvalue weighted by Gasteiger charge is -2.40. The van der Waals surface area contributed by atoms with Gasteiger partial charge in [-0.1, -0.05) is 13.8 Å². The van der Waals surface area contributed by atoms with E-state index in [1.54, 1.807) is 12.1 Å². The molecule has 1 saturated carbocycles. The van der Waals surface area contributed by atoms with Crippen molar-refractivity contribution in [2.24, 2.45) is 5.41 Å². The Morgan fingerprint density at radius 2 is 2.00 bits per heavy atom. The lowest BCUT2D eigenvalue weighted by atomic mass is 9.71. The van der Waals surface area contributed by atoms with Crippen LogP contribution < -0.4 is 11.1 Å². The van der Waals surface area contributed by atoms with Gasteiger partial charge in [-0.2, -0.15) is 5.26 Å². The maximum atomic E-state index is 10.6. The lowest BCUT2D eigenvalue weighted by molar-refractivity contribution is -0.0145. The summed E-state index contributed by atoms with van der Waals surface area (Å²) in [6.45, 7) is 4.92. The van der Waals surface area contributed by atoms with E-state index in [4.69, 9.17) is 11.0 Å². The normalized spacial score (nSPS) is 20.1. The van der Waals surface area contributed by atoms with E-state index in [1.165, 1.54) is 0 Å². The molecule has 108 valence electrons. The van der Waals surface area contributed by atoms with Crippen LogP contribution in [0.1, 0.15) is 45.2 Å². The van der Waals surface area contributed by atoms with E-state index >= 15 is 0 Å². The summed E-state index contributed by atoms with van der Waals surface area (Å²) in [6.07, 6.45) is 3.60. The minimum atomic E-state index is -0.689. The molecule has 0 unspecified atom stereocenters. The molecule has 1 aliphatic carbocycles. The van der Waals surface area contributed by atoms with Crippen molar-refractivity contribution in [1.82, 2.24) is 4.98 Å². The molecule has 0 radical (unpaired) electrons. The molecular weight excluding hydrogens is 252 g/mol. The van der Waals surface area contributed by atoms with Gasteiger partial charge in [-0.25, -0.2) is 4.98 Å². The molecule has 1 aromatic heterocycles. The number of nitrogens with two attached hydrogens (primary N) is 1. The van der Waals surface area contributed by atoms with Crippen LogP contribution in [0.5, 0.6) is 0 Å². The van der Waals surface area contributed by atoms with E-state index in [2.05, 4.69) is 24.1 Å². The Labute approximate surface area is 119 Å². The van der Waals surface area contributed by atoms with Crippen molar-refractivity contribution in [1.29, 1.82) is 5.26 Å². The average Bonchev–Trinajstić information content (AvgIpc) is 2.42. The van der Waals surface area contributed by atoms with Gasteiger partial charge in [-0.05, 0) is 43.2 Å². The van der Waals surface area contributed by atoms with Gasteiger partial charge in [0, 0.05) is 6.54 Å². The summed E-state index contributed by atoms with van der Waals surface area (Å²) in [5.41, 5.74) is 5.85. The third-order valence-corrected chi connectivity index (χ3v) is 4.17. The Kier molecular flexibility index (Phi) is 3.87. The van der Waals surface area contributed by atoms with E-state index in [9.17, 15) is 5.11 Å². The number of aliphatic hydroxyl groups is 1. The highest BCUT2D eigenvalue weighted by Gasteiger charge is 2.36. The molecule has 4 N–H and O–H groups in total. The maximum Gasteiger partial charge on any atom is 0.165 e. The number of aromatic nitrogens is 1. The third kappa shape index (κ3) is 3.40. The molecule has 0 saturated heterocycles. The first-order valence-corrected chi connectivity index (χ1v) is 6.97. The molecule has 0 spiro atoms. The third-order valence-electron chi connectivity index (χ3n) is 4.17. The van der Waals surface area contributed by atoms with Crippen LogP contribution in [0, 0.1) is 16.7 Å². The second-order valence-electron chi connectivity index (χ2n) is 6.49. The molecule has 5 nitrogen and oxygen atoms in total. The van der Waals surface area contributed by atoms with Gasteiger partial charge in [0.2, 0.25) is 0 Å². The van der Waals surface area contributed by atoms with Crippen LogP contribution in [0.2, 0.25) is 0 Å². The van der Waals surface area contributed by atoms with Gasteiger partial charge >= 0.3 is 0 Å². The second-order valence-corrected chi connectivity index (χ2v) is 6.49. The first kappa shape index (κ1) is 14.6. The predicted molar refractivity (Wildman–Crippen MR) is 79.1 cm³/mol. The standard InChI is InChI=1S/C15H22N4O/c1-14(2)5-7-15(20,8-6-14)10-18-13-4-3-11(17)12(9-16)19-13/h3-4,20H,5-8,10,17H2,1-2H3,(H,18,19). The van der Waals surface area contributed by atoms with Gasteiger partial charge in [0.05, 0.1) is 11.3 Å². The average molecular weight is 274 g/mol. The number of rotatable bonds is 3. The highest BCUT2D eigenvalue weighted by Crippen LogP contribution is 2.40. The van der Waals surface area contributed by atoms with E-state index in [-0.39, 0.29) is 5.69 Å². The van der Waals surface area contributed by atoms with Gasteiger partial charge in [0.1, 0.15) is 11.9 Å². The van der Waals surface area contributed by atoms with Gasteiger partial charge < -0.3 is 16.2 Å². The molecule has 0 aliphatic heterocycles. The summed E-state index contributed by atoms with van der Waals surface area (Å²) in [7, 11) is 0. The van der Waals surface area contributed by atoms with Crippen LogP contribution in [0.15, 0.2) is 12.1 Å².